The summed E-state index contributed by atoms with van der Waals surface area (Å²) in [6.45, 7) is 18.0. The molecule has 0 bridgehead atoms. The molecule has 4 aliphatic rings. The number of carbonyl (C=O) groups is 5. The first-order chi connectivity index (χ1) is 22.3. The van der Waals surface area contributed by atoms with E-state index in [-0.39, 0.29) is 47.9 Å². The quantitative estimate of drug-likeness (QED) is 0.159. The highest BCUT2D eigenvalue weighted by atomic mass is 32.2. The van der Waals surface area contributed by atoms with E-state index in [9.17, 15) is 32.4 Å². The van der Waals surface area contributed by atoms with Crippen molar-refractivity contribution in [2.75, 3.05) is 31.9 Å². The van der Waals surface area contributed by atoms with Crippen LogP contribution < -0.4 is 21.3 Å². The summed E-state index contributed by atoms with van der Waals surface area (Å²) in [6.07, 6.45) is 5.04. The lowest BCUT2D eigenvalue weighted by Gasteiger charge is -2.49. The highest BCUT2D eigenvalue weighted by Gasteiger charge is 2.61. The first kappa shape index (κ1) is 37.8. The van der Waals surface area contributed by atoms with Gasteiger partial charge in [0, 0.05) is 32.2 Å². The Kier molecular flexibility index (Phi) is 11.4. The van der Waals surface area contributed by atoms with Gasteiger partial charge >= 0.3 is 6.03 Å². The van der Waals surface area contributed by atoms with Gasteiger partial charge in [-0.15, -0.1) is 6.58 Å². The molecular formula is C34H56N6O7S. The molecule has 14 heteroatoms. The van der Waals surface area contributed by atoms with Crippen LogP contribution in [0.4, 0.5) is 4.79 Å². The van der Waals surface area contributed by atoms with Crippen LogP contribution in [0, 0.1) is 34.5 Å². The monoisotopic (exact) mass is 692 g/mol. The molecule has 0 radical (unpaired) electrons. The minimum Gasteiger partial charge on any atom is -0.346 e. The molecule has 4 fully saturated rings. The summed E-state index contributed by atoms with van der Waals surface area (Å²) in [4.78, 5) is 69.4. The van der Waals surface area contributed by atoms with Crippen molar-refractivity contribution >= 4 is 39.6 Å². The number of urea groups is 1. The maximum Gasteiger partial charge on any atom is 0.315 e. The first-order valence-corrected chi connectivity index (χ1v) is 19.0. The van der Waals surface area contributed by atoms with E-state index in [1.807, 2.05) is 34.6 Å². The number of sulfonamides is 1. The zero-order chi connectivity index (χ0) is 35.8. The van der Waals surface area contributed by atoms with Crippen LogP contribution in [0.2, 0.25) is 0 Å². The molecule has 2 saturated carbocycles. The highest BCUT2D eigenvalue weighted by molar-refractivity contribution is 7.89. The Morgan fingerprint density at radius 2 is 1.71 bits per heavy atom. The number of nitrogens with zero attached hydrogens (tertiary/aromatic N) is 2. The predicted octanol–water partition coefficient (Wildman–Crippen LogP) is 1.79. The van der Waals surface area contributed by atoms with Crippen LogP contribution in [0.15, 0.2) is 12.7 Å². The normalized spacial score (nSPS) is 26.4. The fourth-order valence-corrected chi connectivity index (χ4v) is 9.20. The third-order valence-electron chi connectivity index (χ3n) is 10.5. The Morgan fingerprint density at radius 1 is 1.04 bits per heavy atom. The van der Waals surface area contributed by atoms with E-state index < -0.39 is 69.1 Å². The maximum absolute atomic E-state index is 14.5. The predicted molar refractivity (Wildman–Crippen MR) is 182 cm³/mol. The van der Waals surface area contributed by atoms with Gasteiger partial charge in [0.25, 0.3) is 5.91 Å². The fourth-order valence-electron chi connectivity index (χ4n) is 7.65. The van der Waals surface area contributed by atoms with E-state index >= 15 is 0 Å². The van der Waals surface area contributed by atoms with Crippen LogP contribution >= 0.6 is 0 Å². The SMILES string of the molecule is C=CCNC(=O)C(=O)C(CC1CC1)NC(=O)[C@@H]1[C@@H]2[C@H](CN1C(=O)[C@@H](NC(=O)N[C@H](CN1CCCS1(=O)=O)C(C)C)C(C)(C)C)CC2(C)C. The Hall–Kier alpha value is -3.00. The molecule has 13 nitrogen and oxygen atoms in total. The molecule has 4 N–H and O–H groups in total. The number of rotatable bonds is 14. The number of hydrogen-bond donors (Lipinski definition) is 4. The van der Waals surface area contributed by atoms with Crippen LogP contribution in [0.3, 0.4) is 0 Å². The topological polar surface area (TPSA) is 174 Å². The van der Waals surface area contributed by atoms with Gasteiger partial charge < -0.3 is 26.2 Å². The van der Waals surface area contributed by atoms with Crippen LogP contribution in [-0.2, 0) is 29.2 Å². The van der Waals surface area contributed by atoms with Crippen molar-refractivity contribution in [3.8, 4) is 0 Å². The number of nitrogens with one attached hydrogen (secondary N) is 4. The molecule has 5 amide bonds. The molecule has 2 aliphatic heterocycles. The van der Waals surface area contributed by atoms with Gasteiger partial charge in [0.1, 0.15) is 12.1 Å². The second-order valence-corrected chi connectivity index (χ2v) is 18.4. The van der Waals surface area contributed by atoms with Crippen LogP contribution in [0.25, 0.3) is 0 Å². The number of likely N-dealkylation sites (tertiary alicyclic amines) is 1. The van der Waals surface area contributed by atoms with E-state index in [0.29, 0.717) is 25.9 Å². The van der Waals surface area contributed by atoms with Crippen LogP contribution in [0.5, 0.6) is 0 Å². The average Bonchev–Trinajstić information content (AvgIpc) is 3.65. The summed E-state index contributed by atoms with van der Waals surface area (Å²) in [6, 6.07) is -3.98. The van der Waals surface area contributed by atoms with Gasteiger partial charge in [-0.3, -0.25) is 19.2 Å². The van der Waals surface area contributed by atoms with E-state index in [0.717, 1.165) is 19.3 Å². The number of carbonyl (C=O) groups excluding carboxylic acids is 5. The minimum absolute atomic E-state index is 0.0787. The highest BCUT2D eigenvalue weighted by Crippen LogP contribution is 2.57. The summed E-state index contributed by atoms with van der Waals surface area (Å²) < 4.78 is 26.3. The number of Topliss-reactive ketones (excluding diaryl/α,β-unsaturated/α-hetero) is 1. The van der Waals surface area contributed by atoms with Crippen molar-refractivity contribution in [2.24, 2.45) is 34.5 Å². The third-order valence-corrected chi connectivity index (χ3v) is 12.4. The van der Waals surface area contributed by atoms with E-state index in [2.05, 4.69) is 41.7 Å². The minimum atomic E-state index is -3.36. The van der Waals surface area contributed by atoms with Crippen molar-refractivity contribution in [1.29, 1.82) is 0 Å². The lowest BCUT2D eigenvalue weighted by molar-refractivity contribution is -0.146. The summed E-state index contributed by atoms with van der Waals surface area (Å²) in [5.74, 6) is -2.20. The van der Waals surface area contributed by atoms with E-state index in [1.165, 1.54) is 10.4 Å². The summed E-state index contributed by atoms with van der Waals surface area (Å²) in [5, 5.41) is 11.2. The summed E-state index contributed by atoms with van der Waals surface area (Å²) in [5.41, 5.74) is -0.979. The van der Waals surface area contributed by atoms with Crippen molar-refractivity contribution in [2.45, 2.75) is 105 Å². The molecule has 0 aromatic rings. The molecule has 0 aromatic carbocycles. The molecule has 0 spiro atoms. The van der Waals surface area contributed by atoms with Crippen molar-refractivity contribution in [3.63, 3.8) is 0 Å². The molecule has 2 aliphatic carbocycles. The number of ketones is 1. The summed E-state index contributed by atoms with van der Waals surface area (Å²) in [7, 11) is -3.36. The number of amides is 5. The molecule has 1 unspecified atom stereocenters. The van der Waals surface area contributed by atoms with Crippen LogP contribution in [0.1, 0.15) is 80.6 Å². The molecule has 6 atom stereocenters. The third kappa shape index (κ3) is 8.58. The Bertz CT molecular complexity index is 1390. The zero-order valence-electron chi connectivity index (χ0n) is 29.6. The summed E-state index contributed by atoms with van der Waals surface area (Å²) >= 11 is 0. The standard InChI is InChI=1S/C34H56N6O7S/c1-9-13-35-30(43)27(41)23(16-21-11-12-21)36-29(42)26-25-22(17-34(25,7)8)18-40(26)31(44)28(33(4,5)6)38-32(45)37-24(20(2)3)19-39-14-10-15-48(39,46)47/h9,20-26,28H,1,10-19H2,2-8H3,(H,35,43)(H,36,42)(H2,37,38,45)/t22-,23?,24+,25-,26-,28+/m0/s1. The van der Waals surface area contributed by atoms with Gasteiger partial charge in [-0.25, -0.2) is 13.2 Å². The number of hydrogen-bond acceptors (Lipinski definition) is 7. The van der Waals surface area contributed by atoms with Crippen LogP contribution in [-0.4, -0.2) is 103 Å². The van der Waals surface area contributed by atoms with Gasteiger partial charge in [-0.2, -0.15) is 4.31 Å². The molecule has 4 rings (SSSR count). The zero-order valence-corrected chi connectivity index (χ0v) is 30.5. The van der Waals surface area contributed by atoms with Crippen molar-refractivity contribution in [3.05, 3.63) is 12.7 Å². The van der Waals surface area contributed by atoms with Gasteiger partial charge in [0.15, 0.2) is 0 Å². The average molecular weight is 693 g/mol. The van der Waals surface area contributed by atoms with Gasteiger partial charge in [0.05, 0.1) is 11.8 Å². The molecular weight excluding hydrogens is 636 g/mol. The molecule has 2 saturated heterocycles. The largest absolute Gasteiger partial charge is 0.346 e. The molecule has 270 valence electrons. The number of fused-ring (bicyclic) bond motifs is 1. The van der Waals surface area contributed by atoms with Gasteiger partial charge in [0.2, 0.25) is 27.6 Å². The Morgan fingerprint density at radius 3 is 2.23 bits per heavy atom. The molecule has 2 heterocycles. The smallest absolute Gasteiger partial charge is 0.315 e. The molecule has 48 heavy (non-hydrogen) atoms. The molecule has 0 aromatic heterocycles. The lowest BCUT2D eigenvalue weighted by atomic mass is 9.55. The van der Waals surface area contributed by atoms with Gasteiger partial charge in [-0.1, -0.05) is 67.4 Å². The first-order valence-electron chi connectivity index (χ1n) is 17.4. The van der Waals surface area contributed by atoms with Crippen molar-refractivity contribution in [1.82, 2.24) is 30.5 Å². The van der Waals surface area contributed by atoms with E-state index in [4.69, 9.17) is 0 Å². The lowest BCUT2D eigenvalue weighted by Crippen LogP contribution is -2.62. The van der Waals surface area contributed by atoms with Gasteiger partial charge in [-0.05, 0) is 53.8 Å². The Labute approximate surface area is 285 Å². The van der Waals surface area contributed by atoms with E-state index in [1.54, 1.807) is 4.90 Å². The Balaban J connectivity index is 1.53. The maximum atomic E-state index is 14.5. The second kappa shape index (κ2) is 14.5. The second-order valence-electron chi connectivity index (χ2n) is 16.3. The van der Waals surface area contributed by atoms with Crippen molar-refractivity contribution < 1.29 is 32.4 Å². The fraction of sp³-hybridized carbons (Fsp3) is 0.794.